The van der Waals surface area contributed by atoms with Crippen LogP contribution in [-0.2, 0) is 5.60 Å². The molecule has 0 fully saturated rings. The van der Waals surface area contributed by atoms with Crippen LogP contribution >= 0.6 is 0 Å². The first-order valence-electron chi connectivity index (χ1n) is 6.09. The predicted molar refractivity (Wildman–Crippen MR) is 72.8 cm³/mol. The van der Waals surface area contributed by atoms with Gasteiger partial charge in [0, 0.05) is 0 Å². The summed E-state index contributed by atoms with van der Waals surface area (Å²) in [7, 11) is 1.41. The molecule has 1 N–H and O–H groups in total. The Hall–Kier alpha value is -1.87. The fraction of sp³-hybridized carbons (Fsp3) is 0.250. The number of rotatable bonds is 3. The summed E-state index contributed by atoms with van der Waals surface area (Å²) in [5.74, 6) is -0.307. The summed E-state index contributed by atoms with van der Waals surface area (Å²) < 4.78 is 18.6. The SMILES string of the molecule is COc1ccc(C(C)(O)c2ccccc2C)cc1F. The molecule has 100 valence electrons. The van der Waals surface area contributed by atoms with Crippen molar-refractivity contribution in [3.63, 3.8) is 0 Å². The van der Waals surface area contributed by atoms with Crippen LogP contribution in [0.25, 0.3) is 0 Å². The summed E-state index contributed by atoms with van der Waals surface area (Å²) in [5.41, 5.74) is 0.988. The first-order chi connectivity index (χ1) is 8.96. The minimum atomic E-state index is -1.24. The first kappa shape index (κ1) is 13.6. The quantitative estimate of drug-likeness (QED) is 0.916. The van der Waals surface area contributed by atoms with Crippen molar-refractivity contribution in [1.29, 1.82) is 0 Å². The fourth-order valence-electron chi connectivity index (χ4n) is 2.24. The highest BCUT2D eigenvalue weighted by Crippen LogP contribution is 2.33. The normalized spacial score (nSPS) is 13.9. The molecule has 0 saturated heterocycles. The average molecular weight is 260 g/mol. The van der Waals surface area contributed by atoms with Crippen molar-refractivity contribution in [1.82, 2.24) is 0 Å². The van der Waals surface area contributed by atoms with Crippen molar-refractivity contribution in [2.45, 2.75) is 19.4 Å². The van der Waals surface area contributed by atoms with E-state index in [2.05, 4.69) is 0 Å². The van der Waals surface area contributed by atoms with E-state index < -0.39 is 11.4 Å². The van der Waals surface area contributed by atoms with Gasteiger partial charge in [-0.2, -0.15) is 0 Å². The number of aliphatic hydroxyl groups is 1. The third kappa shape index (κ3) is 2.47. The Balaban J connectivity index is 2.50. The smallest absolute Gasteiger partial charge is 0.165 e. The van der Waals surface area contributed by atoms with Gasteiger partial charge in [-0.25, -0.2) is 4.39 Å². The van der Waals surface area contributed by atoms with Gasteiger partial charge in [-0.1, -0.05) is 30.3 Å². The molecular formula is C16H17FO2. The van der Waals surface area contributed by atoms with Crippen molar-refractivity contribution in [3.05, 3.63) is 65.0 Å². The van der Waals surface area contributed by atoms with E-state index in [-0.39, 0.29) is 5.75 Å². The molecule has 0 radical (unpaired) electrons. The van der Waals surface area contributed by atoms with Crippen molar-refractivity contribution in [2.24, 2.45) is 0 Å². The van der Waals surface area contributed by atoms with Crippen molar-refractivity contribution < 1.29 is 14.2 Å². The zero-order valence-corrected chi connectivity index (χ0v) is 11.3. The van der Waals surface area contributed by atoms with Gasteiger partial charge in [-0.05, 0) is 42.7 Å². The molecule has 0 aromatic heterocycles. The van der Waals surface area contributed by atoms with Crippen LogP contribution in [0.3, 0.4) is 0 Å². The highest BCUT2D eigenvalue weighted by atomic mass is 19.1. The van der Waals surface area contributed by atoms with E-state index >= 15 is 0 Å². The molecule has 0 aliphatic heterocycles. The minimum absolute atomic E-state index is 0.171. The predicted octanol–water partition coefficient (Wildman–Crippen LogP) is 3.40. The van der Waals surface area contributed by atoms with Crippen LogP contribution in [0.4, 0.5) is 4.39 Å². The van der Waals surface area contributed by atoms with Gasteiger partial charge < -0.3 is 9.84 Å². The Morgan fingerprint density at radius 1 is 1.16 bits per heavy atom. The Morgan fingerprint density at radius 2 is 1.84 bits per heavy atom. The highest BCUT2D eigenvalue weighted by molar-refractivity contribution is 5.41. The highest BCUT2D eigenvalue weighted by Gasteiger charge is 2.27. The maximum absolute atomic E-state index is 13.8. The molecule has 0 spiro atoms. The standard InChI is InChI=1S/C16H17FO2/c1-11-6-4-5-7-13(11)16(2,18)12-8-9-15(19-3)14(17)10-12/h4-10,18H,1-3H3. The van der Waals surface area contributed by atoms with Gasteiger partial charge in [0.2, 0.25) is 0 Å². The molecule has 0 bridgehead atoms. The van der Waals surface area contributed by atoms with Gasteiger partial charge in [-0.15, -0.1) is 0 Å². The van der Waals surface area contributed by atoms with Crippen LogP contribution in [0, 0.1) is 12.7 Å². The van der Waals surface area contributed by atoms with E-state index in [1.165, 1.54) is 19.2 Å². The second kappa shape index (κ2) is 5.02. The van der Waals surface area contributed by atoms with Crippen LogP contribution in [0.2, 0.25) is 0 Å². The zero-order valence-electron chi connectivity index (χ0n) is 11.3. The second-order valence-corrected chi connectivity index (χ2v) is 4.74. The zero-order chi connectivity index (χ0) is 14.0. The lowest BCUT2D eigenvalue weighted by atomic mass is 9.85. The van der Waals surface area contributed by atoms with Crippen molar-refractivity contribution >= 4 is 0 Å². The maximum Gasteiger partial charge on any atom is 0.165 e. The van der Waals surface area contributed by atoms with E-state index in [1.807, 2.05) is 31.2 Å². The summed E-state index contributed by atoms with van der Waals surface area (Å²) in [4.78, 5) is 0. The lowest BCUT2D eigenvalue weighted by Crippen LogP contribution is -2.24. The molecule has 1 unspecified atom stereocenters. The molecule has 2 nitrogen and oxygen atoms in total. The van der Waals surface area contributed by atoms with Crippen LogP contribution < -0.4 is 4.74 Å². The maximum atomic E-state index is 13.8. The van der Waals surface area contributed by atoms with E-state index in [0.29, 0.717) is 5.56 Å². The Bertz CT molecular complexity index is 591. The molecule has 2 rings (SSSR count). The molecule has 1 atom stereocenters. The summed E-state index contributed by atoms with van der Waals surface area (Å²) in [6.07, 6.45) is 0. The molecule has 3 heteroatoms. The number of benzene rings is 2. The largest absolute Gasteiger partial charge is 0.494 e. The summed E-state index contributed by atoms with van der Waals surface area (Å²) >= 11 is 0. The number of methoxy groups -OCH3 is 1. The Labute approximate surface area is 112 Å². The average Bonchev–Trinajstić information content (AvgIpc) is 2.39. The Morgan fingerprint density at radius 3 is 2.42 bits per heavy atom. The van der Waals surface area contributed by atoms with E-state index in [9.17, 15) is 9.50 Å². The van der Waals surface area contributed by atoms with Crippen molar-refractivity contribution in [2.75, 3.05) is 7.11 Å². The number of halogens is 1. The molecule has 2 aromatic carbocycles. The van der Waals surface area contributed by atoms with Crippen LogP contribution in [-0.4, -0.2) is 12.2 Å². The van der Waals surface area contributed by atoms with Gasteiger partial charge in [0.25, 0.3) is 0 Å². The van der Waals surface area contributed by atoms with Gasteiger partial charge in [0.05, 0.1) is 7.11 Å². The van der Waals surface area contributed by atoms with Gasteiger partial charge >= 0.3 is 0 Å². The van der Waals surface area contributed by atoms with Crippen LogP contribution in [0.5, 0.6) is 5.75 Å². The van der Waals surface area contributed by atoms with Crippen molar-refractivity contribution in [3.8, 4) is 5.75 Å². The molecule has 2 aromatic rings. The monoisotopic (exact) mass is 260 g/mol. The number of ether oxygens (including phenoxy) is 1. The second-order valence-electron chi connectivity index (χ2n) is 4.74. The van der Waals surface area contributed by atoms with Gasteiger partial charge in [0.15, 0.2) is 11.6 Å². The lowest BCUT2D eigenvalue weighted by molar-refractivity contribution is 0.101. The molecule has 0 heterocycles. The molecular weight excluding hydrogens is 243 g/mol. The number of hydrogen-bond acceptors (Lipinski definition) is 2. The molecule has 0 amide bonds. The fourth-order valence-corrected chi connectivity index (χ4v) is 2.24. The topological polar surface area (TPSA) is 29.5 Å². The van der Waals surface area contributed by atoms with Gasteiger partial charge in [0.1, 0.15) is 5.60 Å². The summed E-state index contributed by atoms with van der Waals surface area (Å²) in [6.45, 7) is 3.58. The summed E-state index contributed by atoms with van der Waals surface area (Å²) in [5, 5.41) is 10.7. The van der Waals surface area contributed by atoms with Crippen LogP contribution in [0.1, 0.15) is 23.6 Å². The number of hydrogen-bond donors (Lipinski definition) is 1. The first-order valence-corrected chi connectivity index (χ1v) is 6.09. The molecule has 0 aliphatic carbocycles. The third-order valence-electron chi connectivity index (χ3n) is 3.38. The van der Waals surface area contributed by atoms with E-state index in [0.717, 1.165) is 11.1 Å². The minimum Gasteiger partial charge on any atom is -0.494 e. The Kier molecular flexibility index (Phi) is 3.58. The van der Waals surface area contributed by atoms with E-state index in [1.54, 1.807) is 13.0 Å². The molecule has 19 heavy (non-hydrogen) atoms. The van der Waals surface area contributed by atoms with Crippen LogP contribution in [0.15, 0.2) is 42.5 Å². The third-order valence-corrected chi connectivity index (χ3v) is 3.38. The van der Waals surface area contributed by atoms with E-state index in [4.69, 9.17) is 4.74 Å². The molecule has 0 saturated carbocycles. The van der Waals surface area contributed by atoms with Gasteiger partial charge in [-0.3, -0.25) is 0 Å². The molecule has 0 aliphatic rings. The number of aryl methyl sites for hydroxylation is 1. The lowest BCUT2D eigenvalue weighted by Gasteiger charge is -2.26. The summed E-state index contributed by atoms with van der Waals surface area (Å²) in [6, 6.07) is 12.0.